The highest BCUT2D eigenvalue weighted by atomic mass is 16.5. The summed E-state index contributed by atoms with van der Waals surface area (Å²) >= 11 is 0. The lowest BCUT2D eigenvalue weighted by molar-refractivity contribution is 0.0866. The van der Waals surface area contributed by atoms with E-state index in [2.05, 4.69) is 20.9 Å². The molecule has 0 fully saturated rings. The van der Waals surface area contributed by atoms with Crippen molar-refractivity contribution in [2.45, 2.75) is 19.9 Å². The number of aromatic nitrogens is 2. The van der Waals surface area contributed by atoms with Crippen molar-refractivity contribution < 1.29 is 9.53 Å². The fourth-order valence-electron chi connectivity index (χ4n) is 1.16. The van der Waals surface area contributed by atoms with Crippen LogP contribution in [0.4, 0.5) is 5.82 Å². The second-order valence-electron chi connectivity index (χ2n) is 3.48. The molecule has 0 aliphatic heterocycles. The highest BCUT2D eigenvalue weighted by Crippen LogP contribution is 2.00. The average Bonchev–Trinajstić information content (AvgIpc) is 2.36. The Morgan fingerprint density at radius 3 is 2.82 bits per heavy atom. The Morgan fingerprint density at radius 1 is 1.53 bits per heavy atom. The number of nitrogens with two attached hydrogens (primary N) is 1. The van der Waals surface area contributed by atoms with Crippen LogP contribution in [-0.2, 0) is 4.74 Å². The van der Waals surface area contributed by atoms with Gasteiger partial charge in [0.2, 0.25) is 0 Å². The number of carbonyl (C=O) groups excluding carboxylic acids is 1. The molecule has 4 N–H and O–H groups in total. The van der Waals surface area contributed by atoms with Crippen molar-refractivity contribution in [3.63, 3.8) is 0 Å². The molecule has 94 valence electrons. The zero-order valence-electron chi connectivity index (χ0n) is 9.93. The third-order valence-electron chi connectivity index (χ3n) is 1.99. The van der Waals surface area contributed by atoms with E-state index in [1.165, 1.54) is 0 Å². The first-order valence-corrected chi connectivity index (χ1v) is 5.36. The summed E-state index contributed by atoms with van der Waals surface area (Å²) < 4.78 is 5.19. The molecule has 1 amide bonds. The second-order valence-corrected chi connectivity index (χ2v) is 3.48. The molecule has 0 aliphatic carbocycles. The van der Waals surface area contributed by atoms with Gasteiger partial charge in [0.25, 0.3) is 5.91 Å². The minimum Gasteiger partial charge on any atom is -0.380 e. The number of ether oxygens (including phenoxy) is 1. The molecule has 7 heteroatoms. The summed E-state index contributed by atoms with van der Waals surface area (Å²) in [4.78, 5) is 11.7. The summed E-state index contributed by atoms with van der Waals surface area (Å²) in [7, 11) is 0. The van der Waals surface area contributed by atoms with Crippen molar-refractivity contribution in [3.05, 3.63) is 17.8 Å². The van der Waals surface area contributed by atoms with Crippen molar-refractivity contribution >= 4 is 11.7 Å². The molecule has 7 nitrogen and oxygen atoms in total. The summed E-state index contributed by atoms with van der Waals surface area (Å²) in [6, 6.07) is 3.05. The Labute approximate surface area is 99.7 Å². The summed E-state index contributed by atoms with van der Waals surface area (Å²) in [5.41, 5.74) is 2.58. The molecule has 1 rings (SSSR count). The summed E-state index contributed by atoms with van der Waals surface area (Å²) in [5, 5.41) is 10.2. The van der Waals surface area contributed by atoms with Gasteiger partial charge in [0.15, 0.2) is 11.5 Å². The normalized spacial score (nSPS) is 11.9. The summed E-state index contributed by atoms with van der Waals surface area (Å²) in [6.45, 7) is 4.85. The molecule has 0 saturated carbocycles. The van der Waals surface area contributed by atoms with Crippen LogP contribution < -0.4 is 16.6 Å². The van der Waals surface area contributed by atoms with Crippen LogP contribution in [0.25, 0.3) is 0 Å². The first-order chi connectivity index (χ1) is 8.17. The van der Waals surface area contributed by atoms with Crippen molar-refractivity contribution in [2.75, 3.05) is 18.6 Å². The molecule has 0 saturated heterocycles. The van der Waals surface area contributed by atoms with Crippen LogP contribution in [0.1, 0.15) is 24.3 Å². The Hall–Kier alpha value is -1.73. The summed E-state index contributed by atoms with van der Waals surface area (Å²) in [5.74, 6) is 5.26. The number of hydrogen-bond donors (Lipinski definition) is 3. The van der Waals surface area contributed by atoms with Gasteiger partial charge in [-0.1, -0.05) is 0 Å². The van der Waals surface area contributed by atoms with E-state index >= 15 is 0 Å². The number of hydrazine groups is 1. The molecule has 0 aliphatic rings. The molecular formula is C10H17N5O2. The first-order valence-electron chi connectivity index (χ1n) is 5.36. The number of hydrogen-bond acceptors (Lipinski definition) is 6. The van der Waals surface area contributed by atoms with Crippen molar-refractivity contribution in [1.82, 2.24) is 15.5 Å². The van der Waals surface area contributed by atoms with Gasteiger partial charge < -0.3 is 15.5 Å². The molecular weight excluding hydrogens is 222 g/mol. The number of nitrogens with one attached hydrogen (secondary N) is 2. The van der Waals surface area contributed by atoms with Gasteiger partial charge in [-0.25, -0.2) is 5.84 Å². The maximum atomic E-state index is 11.7. The molecule has 1 aromatic heterocycles. The standard InChI is InChI=1S/C10H17N5O2/c1-3-17-6-7(2)12-10(16)8-4-5-9(13-11)15-14-8/h4-5,7H,3,6,11H2,1-2H3,(H,12,16)(H,13,15). The van der Waals surface area contributed by atoms with E-state index in [9.17, 15) is 4.79 Å². The fourth-order valence-corrected chi connectivity index (χ4v) is 1.16. The Kier molecular flexibility index (Phi) is 5.31. The monoisotopic (exact) mass is 239 g/mol. The average molecular weight is 239 g/mol. The van der Waals surface area contributed by atoms with E-state index in [-0.39, 0.29) is 17.6 Å². The van der Waals surface area contributed by atoms with Crippen LogP contribution in [0.15, 0.2) is 12.1 Å². The lowest BCUT2D eigenvalue weighted by Crippen LogP contribution is -2.36. The Morgan fingerprint density at radius 2 is 2.29 bits per heavy atom. The number of anilines is 1. The lowest BCUT2D eigenvalue weighted by Gasteiger charge is -2.12. The van der Waals surface area contributed by atoms with Gasteiger partial charge in [-0.15, -0.1) is 10.2 Å². The second kappa shape index (κ2) is 6.77. The maximum absolute atomic E-state index is 11.7. The quantitative estimate of drug-likeness (QED) is 0.474. The predicted octanol–water partition coefficient (Wildman–Crippen LogP) is -0.0830. The Balaban J connectivity index is 2.51. The molecule has 17 heavy (non-hydrogen) atoms. The summed E-state index contributed by atoms with van der Waals surface area (Å²) in [6.07, 6.45) is 0. The van der Waals surface area contributed by atoms with Gasteiger partial charge in [-0.05, 0) is 26.0 Å². The van der Waals surface area contributed by atoms with Crippen molar-refractivity contribution in [2.24, 2.45) is 5.84 Å². The minimum absolute atomic E-state index is 0.0726. The van der Waals surface area contributed by atoms with Crippen LogP contribution in [0.2, 0.25) is 0 Å². The zero-order chi connectivity index (χ0) is 12.7. The van der Waals surface area contributed by atoms with Crippen LogP contribution in [0.5, 0.6) is 0 Å². The van der Waals surface area contributed by atoms with E-state index in [1.807, 2.05) is 13.8 Å². The molecule has 0 radical (unpaired) electrons. The van der Waals surface area contributed by atoms with Gasteiger partial charge in [0, 0.05) is 12.6 Å². The largest absolute Gasteiger partial charge is 0.380 e. The fraction of sp³-hybridized carbons (Fsp3) is 0.500. The van der Waals surface area contributed by atoms with E-state index in [1.54, 1.807) is 12.1 Å². The van der Waals surface area contributed by atoms with Crippen LogP contribution in [0.3, 0.4) is 0 Å². The van der Waals surface area contributed by atoms with Crippen LogP contribution in [0, 0.1) is 0 Å². The van der Waals surface area contributed by atoms with Gasteiger partial charge in [0.1, 0.15) is 0 Å². The lowest BCUT2D eigenvalue weighted by atomic mass is 10.3. The number of amides is 1. The number of nitrogens with zero attached hydrogens (tertiary/aromatic N) is 2. The van der Waals surface area contributed by atoms with Crippen molar-refractivity contribution in [3.8, 4) is 0 Å². The highest BCUT2D eigenvalue weighted by molar-refractivity contribution is 5.92. The predicted molar refractivity (Wildman–Crippen MR) is 63.3 cm³/mol. The third kappa shape index (κ3) is 4.33. The number of nitrogen functional groups attached to an aromatic ring is 1. The van der Waals surface area contributed by atoms with Crippen LogP contribution in [-0.4, -0.2) is 35.4 Å². The number of rotatable bonds is 6. The molecule has 1 heterocycles. The van der Waals surface area contributed by atoms with Gasteiger partial charge in [0.05, 0.1) is 6.61 Å². The highest BCUT2D eigenvalue weighted by Gasteiger charge is 2.11. The van der Waals surface area contributed by atoms with Gasteiger partial charge >= 0.3 is 0 Å². The molecule has 1 unspecified atom stereocenters. The molecule has 1 atom stereocenters. The maximum Gasteiger partial charge on any atom is 0.272 e. The topological polar surface area (TPSA) is 102 Å². The van der Waals surface area contributed by atoms with E-state index in [0.717, 1.165) is 0 Å². The smallest absolute Gasteiger partial charge is 0.272 e. The first kappa shape index (κ1) is 13.3. The van der Waals surface area contributed by atoms with Gasteiger partial charge in [-0.2, -0.15) is 0 Å². The Bertz CT molecular complexity index is 354. The van der Waals surface area contributed by atoms with Gasteiger partial charge in [-0.3, -0.25) is 4.79 Å². The third-order valence-corrected chi connectivity index (χ3v) is 1.99. The van der Waals surface area contributed by atoms with E-state index in [0.29, 0.717) is 19.0 Å². The molecule has 1 aromatic rings. The van der Waals surface area contributed by atoms with E-state index < -0.39 is 0 Å². The van der Waals surface area contributed by atoms with Crippen LogP contribution >= 0.6 is 0 Å². The molecule has 0 bridgehead atoms. The molecule has 0 spiro atoms. The van der Waals surface area contributed by atoms with E-state index in [4.69, 9.17) is 10.6 Å². The zero-order valence-corrected chi connectivity index (χ0v) is 9.93. The number of carbonyl (C=O) groups is 1. The van der Waals surface area contributed by atoms with Crippen molar-refractivity contribution in [1.29, 1.82) is 0 Å². The molecule has 0 aromatic carbocycles. The minimum atomic E-state index is -0.284. The SMILES string of the molecule is CCOCC(C)NC(=O)c1ccc(NN)nn1.